The molecule has 2 heterocycles. The second-order valence-corrected chi connectivity index (χ2v) is 8.39. The molecule has 1 saturated carbocycles. The fourth-order valence-electron chi connectivity index (χ4n) is 4.09. The fraction of sp³-hybridized carbons (Fsp3) is 0.435. The average molecular weight is 494 g/mol. The normalized spacial score (nSPS) is 23.5. The van der Waals surface area contributed by atoms with Gasteiger partial charge in [0.2, 0.25) is 5.95 Å². The largest absolute Gasteiger partial charge is 0.416 e. The highest BCUT2D eigenvalue weighted by atomic mass is 19.4. The molecule has 35 heavy (non-hydrogen) atoms. The zero-order valence-corrected chi connectivity index (χ0v) is 18.8. The van der Waals surface area contributed by atoms with E-state index in [1.54, 1.807) is 11.0 Å². The number of aliphatic hydroxyl groups excluding tert-OH is 1. The van der Waals surface area contributed by atoms with Crippen LogP contribution in [0.3, 0.4) is 0 Å². The Balaban J connectivity index is 1.35. The number of anilines is 3. The van der Waals surface area contributed by atoms with Gasteiger partial charge in [-0.3, -0.25) is 0 Å². The van der Waals surface area contributed by atoms with E-state index in [1.807, 2.05) is 0 Å². The lowest BCUT2D eigenvalue weighted by Crippen LogP contribution is -2.39. The van der Waals surface area contributed by atoms with Crippen LogP contribution in [0.5, 0.6) is 0 Å². The van der Waals surface area contributed by atoms with Crippen molar-refractivity contribution in [3.8, 4) is 0 Å². The first kappa shape index (κ1) is 24.9. The molecule has 0 radical (unpaired) electrons. The van der Waals surface area contributed by atoms with Gasteiger partial charge in [-0.15, -0.1) is 0 Å². The summed E-state index contributed by atoms with van der Waals surface area (Å²) >= 11 is 0. The third kappa shape index (κ3) is 6.06. The van der Waals surface area contributed by atoms with E-state index in [9.17, 15) is 22.7 Å². The van der Waals surface area contributed by atoms with Gasteiger partial charge in [-0.25, -0.2) is 14.8 Å². The minimum Gasteiger partial charge on any atom is -0.388 e. The number of hydrazone groups is 1. The number of morpholine rings is 1. The number of hydrogen-bond acceptors (Lipinski definition) is 8. The van der Waals surface area contributed by atoms with Gasteiger partial charge in [0.05, 0.1) is 31.1 Å². The van der Waals surface area contributed by atoms with Crippen LogP contribution in [0.25, 0.3) is 0 Å². The van der Waals surface area contributed by atoms with Crippen molar-refractivity contribution in [1.82, 2.24) is 9.97 Å². The monoisotopic (exact) mass is 494 g/mol. The minimum atomic E-state index is -4.44. The summed E-state index contributed by atoms with van der Waals surface area (Å²) in [7, 11) is 0. The Morgan fingerprint density at radius 2 is 2.00 bits per heavy atom. The predicted molar refractivity (Wildman–Crippen MR) is 124 cm³/mol. The van der Waals surface area contributed by atoms with Crippen LogP contribution in [-0.4, -0.2) is 59.7 Å². The minimum absolute atomic E-state index is 0.109. The van der Waals surface area contributed by atoms with Crippen molar-refractivity contribution < 1.29 is 27.4 Å². The van der Waals surface area contributed by atoms with Gasteiger partial charge in [0.25, 0.3) is 0 Å². The van der Waals surface area contributed by atoms with E-state index >= 15 is 0 Å². The first-order valence-electron chi connectivity index (χ1n) is 11.2. The summed E-state index contributed by atoms with van der Waals surface area (Å²) < 4.78 is 58.4. The lowest BCUT2D eigenvalue weighted by Gasteiger charge is -2.34. The third-order valence-corrected chi connectivity index (χ3v) is 6.02. The molecule has 3 atom stereocenters. The summed E-state index contributed by atoms with van der Waals surface area (Å²) in [5.74, 6) is -0.638. The van der Waals surface area contributed by atoms with E-state index in [4.69, 9.17) is 4.74 Å². The SMILES string of the molecule is C=C1C(Nc2cccc(C(F)(F)F)c2)CCC(/C=N/Nc2ncc(F)c(N3CCOCC3)n2)C1O. The van der Waals surface area contributed by atoms with Crippen molar-refractivity contribution in [2.75, 3.05) is 41.9 Å². The maximum absolute atomic E-state index is 14.2. The molecule has 3 unspecified atom stereocenters. The van der Waals surface area contributed by atoms with Crippen LogP contribution in [0.4, 0.5) is 35.0 Å². The highest BCUT2D eigenvalue weighted by molar-refractivity contribution is 5.64. The van der Waals surface area contributed by atoms with Gasteiger partial charge in [-0.1, -0.05) is 12.6 Å². The molecule has 0 spiro atoms. The molecule has 2 fully saturated rings. The molecule has 8 nitrogen and oxygen atoms in total. The van der Waals surface area contributed by atoms with E-state index in [0.29, 0.717) is 50.4 Å². The van der Waals surface area contributed by atoms with Gasteiger partial charge in [0.1, 0.15) is 0 Å². The van der Waals surface area contributed by atoms with Gasteiger partial charge in [-0.05, 0) is 36.6 Å². The lowest BCUT2D eigenvalue weighted by atomic mass is 9.81. The Hall–Kier alpha value is -3.25. The quantitative estimate of drug-likeness (QED) is 0.244. The number of nitrogens with one attached hydrogen (secondary N) is 2. The Morgan fingerprint density at radius 1 is 1.23 bits per heavy atom. The van der Waals surface area contributed by atoms with Crippen LogP contribution in [0.1, 0.15) is 18.4 Å². The standard InChI is InChI=1S/C23H26F4N6O2/c1-14-19(30-17-4-2-3-16(11-17)23(25,26)27)6-5-15(20(14)34)12-29-32-22-28-13-18(24)21(31-22)33-7-9-35-10-8-33/h2-4,11-13,15,19-20,30,34H,1,5-10H2,(H,28,31,32)/b29-12+. The summed E-state index contributed by atoms with van der Waals surface area (Å²) in [6, 6.07) is 4.52. The summed E-state index contributed by atoms with van der Waals surface area (Å²) in [4.78, 5) is 9.85. The summed E-state index contributed by atoms with van der Waals surface area (Å²) in [5.41, 5.74) is 2.67. The molecule has 188 valence electrons. The second kappa shape index (κ2) is 10.6. The Labute approximate surface area is 199 Å². The van der Waals surface area contributed by atoms with Gasteiger partial charge in [0.15, 0.2) is 11.6 Å². The maximum atomic E-state index is 14.2. The number of aliphatic hydroxyl groups is 1. The first-order valence-corrected chi connectivity index (χ1v) is 11.2. The maximum Gasteiger partial charge on any atom is 0.416 e. The Bertz CT molecular complexity index is 1070. The highest BCUT2D eigenvalue weighted by Gasteiger charge is 2.33. The van der Waals surface area contributed by atoms with Crippen LogP contribution in [0, 0.1) is 11.7 Å². The highest BCUT2D eigenvalue weighted by Crippen LogP contribution is 2.33. The number of halogens is 4. The van der Waals surface area contributed by atoms with Crippen LogP contribution >= 0.6 is 0 Å². The average Bonchev–Trinajstić information content (AvgIpc) is 2.84. The van der Waals surface area contributed by atoms with E-state index < -0.39 is 23.7 Å². The Morgan fingerprint density at radius 3 is 2.74 bits per heavy atom. The van der Waals surface area contributed by atoms with Crippen molar-refractivity contribution >= 4 is 23.7 Å². The summed E-state index contributed by atoms with van der Waals surface area (Å²) in [6.45, 7) is 5.93. The lowest BCUT2D eigenvalue weighted by molar-refractivity contribution is -0.137. The molecule has 1 aromatic carbocycles. The second-order valence-electron chi connectivity index (χ2n) is 8.39. The fourth-order valence-corrected chi connectivity index (χ4v) is 4.09. The number of hydrogen-bond donors (Lipinski definition) is 3. The topological polar surface area (TPSA) is 94.9 Å². The molecule has 4 rings (SSSR count). The zero-order chi connectivity index (χ0) is 25.0. The molecule has 3 N–H and O–H groups in total. The molecule has 2 aromatic rings. The van der Waals surface area contributed by atoms with E-state index in [-0.39, 0.29) is 23.7 Å². The van der Waals surface area contributed by atoms with E-state index in [0.717, 1.165) is 18.3 Å². The molecule has 2 aliphatic rings. The van der Waals surface area contributed by atoms with Gasteiger partial charge >= 0.3 is 6.18 Å². The molecule has 12 heteroatoms. The Kier molecular flexibility index (Phi) is 7.51. The van der Waals surface area contributed by atoms with Gasteiger partial charge < -0.3 is 20.1 Å². The molecular weight excluding hydrogens is 468 g/mol. The summed E-state index contributed by atoms with van der Waals surface area (Å²) in [5, 5.41) is 17.8. The number of benzene rings is 1. The third-order valence-electron chi connectivity index (χ3n) is 6.02. The smallest absolute Gasteiger partial charge is 0.388 e. The molecular formula is C23H26F4N6O2. The van der Waals surface area contributed by atoms with Crippen molar-refractivity contribution in [1.29, 1.82) is 0 Å². The van der Waals surface area contributed by atoms with Crippen molar-refractivity contribution in [3.05, 3.63) is 54.0 Å². The number of nitrogens with zero attached hydrogens (tertiary/aromatic N) is 4. The number of rotatable bonds is 6. The molecule has 1 aliphatic heterocycles. The molecule has 0 amide bonds. The van der Waals surface area contributed by atoms with E-state index in [1.165, 1.54) is 12.3 Å². The molecule has 0 bridgehead atoms. The van der Waals surface area contributed by atoms with E-state index in [2.05, 4.69) is 32.4 Å². The van der Waals surface area contributed by atoms with Crippen molar-refractivity contribution in [2.24, 2.45) is 11.0 Å². The first-order chi connectivity index (χ1) is 16.7. The van der Waals surface area contributed by atoms with Crippen molar-refractivity contribution in [2.45, 2.75) is 31.2 Å². The van der Waals surface area contributed by atoms with Gasteiger partial charge in [0, 0.05) is 37.0 Å². The predicted octanol–water partition coefficient (Wildman–Crippen LogP) is 3.68. The van der Waals surface area contributed by atoms with Gasteiger partial charge in [-0.2, -0.15) is 23.3 Å². The number of alkyl halides is 3. The molecule has 1 aromatic heterocycles. The van der Waals surface area contributed by atoms with Crippen LogP contribution < -0.4 is 15.6 Å². The van der Waals surface area contributed by atoms with Crippen LogP contribution in [0.2, 0.25) is 0 Å². The zero-order valence-electron chi connectivity index (χ0n) is 18.8. The van der Waals surface area contributed by atoms with Crippen LogP contribution in [0.15, 0.2) is 47.7 Å². The molecule has 1 saturated heterocycles. The number of ether oxygens (including phenoxy) is 1. The summed E-state index contributed by atoms with van der Waals surface area (Å²) in [6.07, 6.45) is -1.75. The number of aromatic nitrogens is 2. The molecule has 1 aliphatic carbocycles. The van der Waals surface area contributed by atoms with Crippen LogP contribution in [-0.2, 0) is 10.9 Å². The van der Waals surface area contributed by atoms with Crippen molar-refractivity contribution in [3.63, 3.8) is 0 Å².